The van der Waals surface area contributed by atoms with Crippen LogP contribution >= 0.6 is 0 Å². The molecule has 11 heavy (non-hydrogen) atoms. The summed E-state index contributed by atoms with van der Waals surface area (Å²) in [7, 11) is 1.94. The Bertz CT molecular complexity index is 134. The van der Waals surface area contributed by atoms with Gasteiger partial charge in [-0.3, -0.25) is 4.79 Å². The van der Waals surface area contributed by atoms with Crippen LogP contribution in [0, 0.1) is 0 Å². The molecule has 0 radical (unpaired) electrons. The quantitative estimate of drug-likeness (QED) is 0.669. The maximum absolute atomic E-state index is 10.3. The Morgan fingerprint density at radius 2 is 1.91 bits per heavy atom. The van der Waals surface area contributed by atoms with E-state index in [0.717, 1.165) is 0 Å². The maximum atomic E-state index is 10.3. The molecule has 0 saturated carbocycles. The summed E-state index contributed by atoms with van der Waals surface area (Å²) < 4.78 is 0. The third-order valence-electron chi connectivity index (χ3n) is 1.98. The van der Waals surface area contributed by atoms with Crippen molar-refractivity contribution in [3.63, 3.8) is 0 Å². The first-order valence-corrected chi connectivity index (χ1v) is 3.89. The molecule has 1 N–H and O–H groups in total. The van der Waals surface area contributed by atoms with Gasteiger partial charge in [0.25, 0.3) is 0 Å². The van der Waals surface area contributed by atoms with E-state index in [-0.39, 0.29) is 12.5 Å². The van der Waals surface area contributed by atoms with Gasteiger partial charge in [0, 0.05) is 12.1 Å². The summed E-state index contributed by atoms with van der Waals surface area (Å²) >= 11 is 0. The van der Waals surface area contributed by atoms with Gasteiger partial charge < -0.3 is 10.0 Å². The lowest BCUT2D eigenvalue weighted by Gasteiger charge is -2.27. The molecule has 0 aromatic rings. The Morgan fingerprint density at radius 3 is 2.18 bits per heavy atom. The van der Waals surface area contributed by atoms with Crippen molar-refractivity contribution in [2.45, 2.75) is 39.3 Å². The van der Waals surface area contributed by atoms with Gasteiger partial charge in [-0.1, -0.05) is 0 Å². The molecule has 0 aliphatic rings. The predicted molar refractivity (Wildman–Crippen MR) is 44.6 cm³/mol. The average Bonchev–Trinajstić information content (AvgIpc) is 1.84. The summed E-state index contributed by atoms with van der Waals surface area (Å²) in [6.07, 6.45) is 0.217. The number of rotatable bonds is 4. The van der Waals surface area contributed by atoms with Gasteiger partial charge in [-0.05, 0) is 27.8 Å². The molecule has 0 spiro atoms. The van der Waals surface area contributed by atoms with Gasteiger partial charge in [0.2, 0.25) is 0 Å². The molecular formula is C8H17NO2. The van der Waals surface area contributed by atoms with Crippen LogP contribution in [0.2, 0.25) is 0 Å². The van der Waals surface area contributed by atoms with Gasteiger partial charge in [0.1, 0.15) is 0 Å². The number of aliphatic carboxylic acids is 1. The van der Waals surface area contributed by atoms with E-state index >= 15 is 0 Å². The zero-order valence-corrected chi connectivity index (χ0v) is 7.66. The number of hydrogen-bond acceptors (Lipinski definition) is 2. The highest BCUT2D eigenvalue weighted by molar-refractivity contribution is 5.67. The molecule has 1 unspecified atom stereocenters. The Balaban J connectivity index is 3.82. The second-order valence-corrected chi connectivity index (χ2v) is 3.21. The van der Waals surface area contributed by atoms with Crippen molar-refractivity contribution in [1.29, 1.82) is 0 Å². The average molecular weight is 159 g/mol. The van der Waals surface area contributed by atoms with Gasteiger partial charge in [0.15, 0.2) is 0 Å². The van der Waals surface area contributed by atoms with E-state index in [9.17, 15) is 4.79 Å². The highest BCUT2D eigenvalue weighted by Gasteiger charge is 2.14. The Labute approximate surface area is 68.0 Å². The van der Waals surface area contributed by atoms with Crippen molar-refractivity contribution in [1.82, 2.24) is 4.90 Å². The van der Waals surface area contributed by atoms with Crippen molar-refractivity contribution in [2.75, 3.05) is 7.05 Å². The molecule has 3 heteroatoms. The van der Waals surface area contributed by atoms with E-state index < -0.39 is 5.97 Å². The fourth-order valence-corrected chi connectivity index (χ4v) is 0.906. The Morgan fingerprint density at radius 1 is 1.45 bits per heavy atom. The SMILES string of the molecule is CC(C)N(C)C(C)CC(=O)O. The van der Waals surface area contributed by atoms with E-state index in [4.69, 9.17) is 5.11 Å². The molecule has 0 amide bonds. The van der Waals surface area contributed by atoms with Crippen LogP contribution in [0.3, 0.4) is 0 Å². The molecule has 0 heterocycles. The van der Waals surface area contributed by atoms with Gasteiger partial charge >= 0.3 is 5.97 Å². The zero-order valence-electron chi connectivity index (χ0n) is 7.66. The first-order chi connectivity index (χ1) is 4.95. The molecule has 66 valence electrons. The molecule has 0 bridgehead atoms. The topological polar surface area (TPSA) is 40.5 Å². The summed E-state index contributed by atoms with van der Waals surface area (Å²) in [5.41, 5.74) is 0. The van der Waals surface area contributed by atoms with E-state index in [1.165, 1.54) is 0 Å². The Kier molecular flexibility index (Phi) is 4.11. The number of nitrogens with zero attached hydrogens (tertiary/aromatic N) is 1. The molecule has 0 rings (SSSR count). The summed E-state index contributed by atoms with van der Waals surface area (Å²) in [4.78, 5) is 12.4. The summed E-state index contributed by atoms with van der Waals surface area (Å²) in [6, 6.07) is 0.525. The first kappa shape index (κ1) is 10.4. The highest BCUT2D eigenvalue weighted by atomic mass is 16.4. The second-order valence-electron chi connectivity index (χ2n) is 3.21. The van der Waals surface area contributed by atoms with Gasteiger partial charge in [0.05, 0.1) is 6.42 Å². The lowest BCUT2D eigenvalue weighted by Crippen LogP contribution is -2.36. The van der Waals surface area contributed by atoms with Crippen molar-refractivity contribution in [3.8, 4) is 0 Å². The van der Waals surface area contributed by atoms with Crippen molar-refractivity contribution in [2.24, 2.45) is 0 Å². The third kappa shape index (κ3) is 3.98. The van der Waals surface area contributed by atoms with Crippen LogP contribution in [0.15, 0.2) is 0 Å². The van der Waals surface area contributed by atoms with Gasteiger partial charge in [-0.15, -0.1) is 0 Å². The molecule has 0 aromatic heterocycles. The van der Waals surface area contributed by atoms with Crippen LogP contribution < -0.4 is 0 Å². The van der Waals surface area contributed by atoms with Gasteiger partial charge in [-0.2, -0.15) is 0 Å². The van der Waals surface area contributed by atoms with Crippen molar-refractivity contribution in [3.05, 3.63) is 0 Å². The predicted octanol–water partition coefficient (Wildman–Crippen LogP) is 1.19. The number of hydrogen-bond donors (Lipinski definition) is 1. The number of carbonyl (C=O) groups is 1. The maximum Gasteiger partial charge on any atom is 0.304 e. The minimum Gasteiger partial charge on any atom is -0.481 e. The van der Waals surface area contributed by atoms with E-state index in [2.05, 4.69) is 13.8 Å². The highest BCUT2D eigenvalue weighted by Crippen LogP contribution is 2.04. The normalized spacial score (nSPS) is 14.0. The van der Waals surface area contributed by atoms with Crippen molar-refractivity contribution < 1.29 is 9.90 Å². The van der Waals surface area contributed by atoms with E-state index in [1.54, 1.807) is 0 Å². The zero-order chi connectivity index (χ0) is 9.02. The summed E-state index contributed by atoms with van der Waals surface area (Å²) in [5, 5.41) is 8.49. The van der Waals surface area contributed by atoms with Crippen LogP contribution in [-0.2, 0) is 4.79 Å². The van der Waals surface area contributed by atoms with E-state index in [0.29, 0.717) is 6.04 Å². The summed E-state index contributed by atoms with van der Waals surface area (Å²) in [6.45, 7) is 6.03. The van der Waals surface area contributed by atoms with Crippen LogP contribution in [0.4, 0.5) is 0 Å². The number of carboxylic acids is 1. The third-order valence-corrected chi connectivity index (χ3v) is 1.98. The minimum atomic E-state index is -0.731. The van der Waals surface area contributed by atoms with Gasteiger partial charge in [-0.25, -0.2) is 0 Å². The minimum absolute atomic E-state index is 0.118. The molecule has 0 aliphatic heterocycles. The van der Waals surface area contributed by atoms with Crippen LogP contribution in [0.25, 0.3) is 0 Å². The molecule has 1 atom stereocenters. The summed E-state index contributed by atoms with van der Waals surface area (Å²) in [5.74, 6) is -0.731. The first-order valence-electron chi connectivity index (χ1n) is 3.89. The number of carboxylic acid groups (broad SMARTS) is 1. The standard InChI is InChI=1S/C8H17NO2/c1-6(2)9(4)7(3)5-8(10)11/h6-7H,5H2,1-4H3,(H,10,11). The smallest absolute Gasteiger partial charge is 0.304 e. The Hall–Kier alpha value is -0.570. The molecular weight excluding hydrogens is 142 g/mol. The fourth-order valence-electron chi connectivity index (χ4n) is 0.906. The van der Waals surface area contributed by atoms with Crippen LogP contribution in [0.1, 0.15) is 27.2 Å². The monoisotopic (exact) mass is 159 g/mol. The molecule has 0 aliphatic carbocycles. The second kappa shape index (κ2) is 4.34. The lowest BCUT2D eigenvalue weighted by molar-refractivity contribution is -0.138. The molecule has 0 saturated heterocycles. The van der Waals surface area contributed by atoms with E-state index in [1.807, 2.05) is 18.9 Å². The molecule has 3 nitrogen and oxygen atoms in total. The van der Waals surface area contributed by atoms with Crippen molar-refractivity contribution >= 4 is 5.97 Å². The molecule has 0 fully saturated rings. The fraction of sp³-hybridized carbons (Fsp3) is 0.875. The lowest BCUT2D eigenvalue weighted by atomic mass is 10.2. The van der Waals surface area contributed by atoms with Crippen LogP contribution in [-0.4, -0.2) is 35.1 Å². The van der Waals surface area contributed by atoms with Crippen LogP contribution in [0.5, 0.6) is 0 Å². The largest absolute Gasteiger partial charge is 0.481 e. The molecule has 0 aromatic carbocycles.